The van der Waals surface area contributed by atoms with Crippen LogP contribution >= 0.6 is 0 Å². The van der Waals surface area contributed by atoms with Crippen molar-refractivity contribution in [3.8, 4) is 0 Å². The number of allylic oxidation sites excluding steroid dienone is 21. The van der Waals surface area contributed by atoms with E-state index in [-0.39, 0.29) is 12.5 Å². The van der Waals surface area contributed by atoms with Crippen LogP contribution in [0.3, 0.4) is 0 Å². The number of carbonyl (C=O) groups excluding carboxylic acids is 1. The monoisotopic (exact) mass is 840 g/mol. The summed E-state index contributed by atoms with van der Waals surface area (Å²) in [4.78, 5) is 12.4. The molecule has 2 unspecified atom stereocenters. The number of unbranched alkanes of at least 4 members (excludes halogenated alkanes) is 16. The Labute approximate surface area is 377 Å². The lowest BCUT2D eigenvalue weighted by Crippen LogP contribution is -2.45. The van der Waals surface area contributed by atoms with Gasteiger partial charge in [0.05, 0.1) is 18.8 Å². The molecule has 0 spiro atoms. The molecular weight excluding hydrogens is 747 g/mol. The molecular formula is C57H93NO3. The van der Waals surface area contributed by atoms with E-state index in [1.54, 1.807) is 6.08 Å². The van der Waals surface area contributed by atoms with Gasteiger partial charge in [0.1, 0.15) is 0 Å². The van der Waals surface area contributed by atoms with E-state index in [9.17, 15) is 15.0 Å². The molecule has 0 saturated heterocycles. The van der Waals surface area contributed by atoms with E-state index in [0.717, 1.165) is 103 Å². The van der Waals surface area contributed by atoms with E-state index in [4.69, 9.17) is 0 Å². The van der Waals surface area contributed by atoms with Crippen LogP contribution in [0.25, 0.3) is 0 Å². The van der Waals surface area contributed by atoms with Gasteiger partial charge in [-0.1, -0.05) is 218 Å². The van der Waals surface area contributed by atoms with E-state index in [0.29, 0.717) is 6.42 Å². The summed E-state index contributed by atoms with van der Waals surface area (Å²) in [6.07, 6.45) is 80.0. The highest BCUT2D eigenvalue weighted by atomic mass is 16.3. The number of hydrogen-bond donors (Lipinski definition) is 3. The quantitative estimate of drug-likeness (QED) is 0.0423. The first-order chi connectivity index (χ1) is 30.2. The Morgan fingerprint density at radius 2 is 0.738 bits per heavy atom. The van der Waals surface area contributed by atoms with Gasteiger partial charge in [0.15, 0.2) is 0 Å². The molecule has 2 atom stereocenters. The van der Waals surface area contributed by atoms with Crippen LogP contribution in [0, 0.1) is 0 Å². The highest BCUT2D eigenvalue weighted by molar-refractivity contribution is 5.76. The van der Waals surface area contributed by atoms with E-state index in [2.05, 4.69) is 141 Å². The molecule has 0 aromatic rings. The first kappa shape index (κ1) is 57.5. The average Bonchev–Trinajstić information content (AvgIpc) is 3.26. The smallest absolute Gasteiger partial charge is 0.220 e. The predicted molar refractivity (Wildman–Crippen MR) is 271 cm³/mol. The summed E-state index contributed by atoms with van der Waals surface area (Å²) in [6, 6.07) is -0.659. The third-order valence-corrected chi connectivity index (χ3v) is 10.3. The van der Waals surface area contributed by atoms with E-state index < -0.39 is 12.1 Å². The Morgan fingerprint density at radius 1 is 0.410 bits per heavy atom. The zero-order chi connectivity index (χ0) is 44.2. The fraction of sp³-hybridized carbons (Fsp3) is 0.596. The second-order valence-electron chi connectivity index (χ2n) is 16.1. The lowest BCUT2D eigenvalue weighted by atomic mass is 10.1. The summed E-state index contributed by atoms with van der Waals surface area (Å²) >= 11 is 0. The second-order valence-corrected chi connectivity index (χ2v) is 16.1. The minimum absolute atomic E-state index is 0.0936. The molecule has 4 nitrogen and oxygen atoms in total. The lowest BCUT2D eigenvalue weighted by Gasteiger charge is -2.19. The SMILES string of the molecule is CC/C=C\C/C=C\C/C=C\C/C=C\C/C=C\C/C=C\C/C=C\C/C=C\CCCCCCCCCCC(=O)NC(CO)C(O)/C=C/CC/C=C/CC/C=C/CCCCCCCC. The molecule has 1 amide bonds. The largest absolute Gasteiger partial charge is 0.394 e. The average molecular weight is 840 g/mol. The predicted octanol–water partition coefficient (Wildman–Crippen LogP) is 16.3. The molecule has 344 valence electrons. The Bertz CT molecular complexity index is 1270. The third kappa shape index (κ3) is 47.4. The maximum absolute atomic E-state index is 12.4. The zero-order valence-corrected chi connectivity index (χ0v) is 39.4. The Balaban J connectivity index is 3.69. The molecule has 3 N–H and O–H groups in total. The summed E-state index contributed by atoms with van der Waals surface area (Å²) in [5.74, 6) is -0.0936. The van der Waals surface area contributed by atoms with Crippen molar-refractivity contribution in [2.24, 2.45) is 0 Å². The minimum atomic E-state index is -0.883. The number of hydrogen-bond acceptors (Lipinski definition) is 3. The van der Waals surface area contributed by atoms with Crippen molar-refractivity contribution in [1.82, 2.24) is 5.32 Å². The first-order valence-corrected chi connectivity index (χ1v) is 24.9. The molecule has 0 heterocycles. The van der Waals surface area contributed by atoms with Gasteiger partial charge < -0.3 is 15.5 Å². The van der Waals surface area contributed by atoms with Crippen LogP contribution in [-0.2, 0) is 4.79 Å². The first-order valence-electron chi connectivity index (χ1n) is 24.9. The van der Waals surface area contributed by atoms with Gasteiger partial charge in [0.2, 0.25) is 5.91 Å². The van der Waals surface area contributed by atoms with Crippen molar-refractivity contribution in [2.45, 2.75) is 212 Å². The molecule has 0 aliphatic carbocycles. The van der Waals surface area contributed by atoms with Gasteiger partial charge in [-0.05, 0) is 109 Å². The normalized spacial score (nSPS) is 14.1. The molecule has 0 aromatic heterocycles. The van der Waals surface area contributed by atoms with Crippen LogP contribution in [-0.4, -0.2) is 34.9 Å². The maximum Gasteiger partial charge on any atom is 0.220 e. The Morgan fingerprint density at radius 3 is 1.15 bits per heavy atom. The van der Waals surface area contributed by atoms with Gasteiger partial charge in [-0.3, -0.25) is 4.79 Å². The number of nitrogens with one attached hydrogen (secondary N) is 1. The molecule has 0 aromatic carbocycles. The van der Waals surface area contributed by atoms with Crippen LogP contribution in [0.2, 0.25) is 0 Å². The van der Waals surface area contributed by atoms with E-state index in [1.807, 2.05) is 6.08 Å². The molecule has 0 rings (SSSR count). The fourth-order valence-corrected chi connectivity index (χ4v) is 6.58. The number of carbonyl (C=O) groups is 1. The van der Waals surface area contributed by atoms with Crippen molar-refractivity contribution in [2.75, 3.05) is 6.61 Å². The molecule has 4 heteroatoms. The van der Waals surface area contributed by atoms with Crippen LogP contribution in [0.1, 0.15) is 200 Å². The molecule has 0 radical (unpaired) electrons. The number of aliphatic hydroxyl groups excluding tert-OH is 2. The highest BCUT2D eigenvalue weighted by Gasteiger charge is 2.17. The van der Waals surface area contributed by atoms with E-state index >= 15 is 0 Å². The van der Waals surface area contributed by atoms with Crippen molar-refractivity contribution in [1.29, 1.82) is 0 Å². The summed E-state index contributed by atoms with van der Waals surface area (Å²) in [6.45, 7) is 4.15. The van der Waals surface area contributed by atoms with Crippen LogP contribution in [0.4, 0.5) is 0 Å². The van der Waals surface area contributed by atoms with Gasteiger partial charge in [-0.25, -0.2) is 0 Å². The van der Waals surface area contributed by atoms with Crippen LogP contribution < -0.4 is 5.32 Å². The van der Waals surface area contributed by atoms with Gasteiger partial charge in [-0.2, -0.15) is 0 Å². The summed E-state index contributed by atoms with van der Waals surface area (Å²) < 4.78 is 0. The molecule has 0 saturated carbocycles. The van der Waals surface area contributed by atoms with Crippen molar-refractivity contribution >= 4 is 5.91 Å². The number of rotatable bonds is 43. The zero-order valence-electron chi connectivity index (χ0n) is 39.4. The van der Waals surface area contributed by atoms with Crippen LogP contribution in [0.15, 0.2) is 134 Å². The molecule has 0 aliphatic heterocycles. The summed E-state index contributed by atoms with van der Waals surface area (Å²) in [7, 11) is 0. The second kappa shape index (κ2) is 50.9. The van der Waals surface area contributed by atoms with E-state index in [1.165, 1.54) is 77.0 Å². The minimum Gasteiger partial charge on any atom is -0.394 e. The fourth-order valence-electron chi connectivity index (χ4n) is 6.58. The number of aliphatic hydroxyl groups is 2. The van der Waals surface area contributed by atoms with Gasteiger partial charge in [0.25, 0.3) is 0 Å². The number of amides is 1. The van der Waals surface area contributed by atoms with Crippen molar-refractivity contribution in [3.63, 3.8) is 0 Å². The standard InChI is InChI=1S/C57H93NO3/c1-3-5-7-9-11-13-15-17-19-21-22-23-24-25-26-27-28-29-30-31-32-33-34-35-36-37-39-41-43-45-47-49-51-53-57(61)58-55(54-59)56(60)52-50-48-46-44-42-40-38-20-18-16-14-12-10-8-6-4-2/h5,7,11,13,17-20,22-23,25-26,28-29,31-32,34-35,42,44,50,52,55-56,59-60H,3-4,6,8-10,12,14-16,21,24,27,30,33,36-41,43,45-49,51,53-54H2,1-2H3,(H,58,61)/b7-5-,13-11-,19-17-,20-18+,23-22-,26-25-,29-28-,32-31-,35-34-,44-42+,52-50+. The van der Waals surface area contributed by atoms with Crippen molar-refractivity contribution in [3.05, 3.63) is 134 Å². The van der Waals surface area contributed by atoms with Gasteiger partial charge >= 0.3 is 0 Å². The third-order valence-electron chi connectivity index (χ3n) is 10.3. The maximum atomic E-state index is 12.4. The molecule has 0 aliphatic rings. The van der Waals surface area contributed by atoms with Gasteiger partial charge in [0, 0.05) is 6.42 Å². The molecule has 0 bridgehead atoms. The lowest BCUT2D eigenvalue weighted by molar-refractivity contribution is -0.123. The molecule has 61 heavy (non-hydrogen) atoms. The topological polar surface area (TPSA) is 69.6 Å². The highest BCUT2D eigenvalue weighted by Crippen LogP contribution is 2.12. The van der Waals surface area contributed by atoms with Gasteiger partial charge in [-0.15, -0.1) is 0 Å². The Hall–Kier alpha value is -3.47. The summed E-state index contributed by atoms with van der Waals surface area (Å²) in [5, 5.41) is 23.0. The molecule has 0 fully saturated rings. The Kier molecular flexibility index (Phi) is 48.0. The van der Waals surface area contributed by atoms with Crippen molar-refractivity contribution < 1.29 is 15.0 Å². The summed E-state index contributed by atoms with van der Waals surface area (Å²) in [5.41, 5.74) is 0. The van der Waals surface area contributed by atoms with Crippen LogP contribution in [0.5, 0.6) is 0 Å².